The van der Waals surface area contributed by atoms with E-state index in [2.05, 4.69) is 20.2 Å². The van der Waals surface area contributed by atoms with E-state index in [9.17, 15) is 17.9 Å². The molecular formula is C24H17FN4O4S. The standard InChI is InChI=1S/C24H17FN4O4S/c1-34(31,32)17-5-2-4-15(13-17)20-18-6-3-11-26-21(18)23(30)22(27-20)24-29-28-19(33-24)12-14-7-9-16(25)10-8-14/h2-11,13,30H,12H2,1H3. The van der Waals surface area contributed by atoms with Gasteiger partial charge in [0.15, 0.2) is 21.3 Å². The molecule has 1 N–H and O–H groups in total. The predicted octanol–water partition coefficient (Wildman–Crippen LogP) is 4.19. The molecule has 2 aromatic carbocycles. The third kappa shape index (κ3) is 4.11. The Hall–Kier alpha value is -4.18. The van der Waals surface area contributed by atoms with E-state index in [4.69, 9.17) is 4.42 Å². The fraction of sp³-hybridized carbons (Fsp3) is 0.0833. The van der Waals surface area contributed by atoms with Gasteiger partial charge < -0.3 is 9.52 Å². The van der Waals surface area contributed by atoms with Crippen LogP contribution < -0.4 is 0 Å². The first-order valence-electron chi connectivity index (χ1n) is 10.1. The molecule has 0 radical (unpaired) electrons. The molecule has 0 bridgehead atoms. The van der Waals surface area contributed by atoms with Crippen LogP contribution in [0.4, 0.5) is 4.39 Å². The van der Waals surface area contributed by atoms with Crippen molar-refractivity contribution in [1.29, 1.82) is 0 Å². The van der Waals surface area contributed by atoms with Crippen molar-refractivity contribution >= 4 is 20.7 Å². The maximum Gasteiger partial charge on any atom is 0.270 e. The number of hydrogen-bond acceptors (Lipinski definition) is 8. The Morgan fingerprint density at radius 1 is 1.00 bits per heavy atom. The van der Waals surface area contributed by atoms with Gasteiger partial charge >= 0.3 is 0 Å². The van der Waals surface area contributed by atoms with Gasteiger partial charge in [0.1, 0.15) is 11.3 Å². The van der Waals surface area contributed by atoms with Gasteiger partial charge in [0.25, 0.3) is 5.89 Å². The van der Waals surface area contributed by atoms with Crippen LogP contribution in [0.2, 0.25) is 0 Å². The number of sulfone groups is 1. The quantitative estimate of drug-likeness (QED) is 0.401. The minimum atomic E-state index is -3.44. The second kappa shape index (κ2) is 8.31. The summed E-state index contributed by atoms with van der Waals surface area (Å²) < 4.78 is 43.0. The molecule has 0 spiro atoms. The Morgan fingerprint density at radius 3 is 2.56 bits per heavy atom. The van der Waals surface area contributed by atoms with Gasteiger partial charge in [-0.3, -0.25) is 4.98 Å². The van der Waals surface area contributed by atoms with E-state index < -0.39 is 9.84 Å². The van der Waals surface area contributed by atoms with E-state index in [1.165, 1.54) is 30.5 Å². The molecule has 0 atom stereocenters. The number of pyridine rings is 2. The molecule has 5 aromatic rings. The number of nitrogens with zero attached hydrogens (tertiary/aromatic N) is 4. The first-order chi connectivity index (χ1) is 16.3. The summed E-state index contributed by atoms with van der Waals surface area (Å²) in [7, 11) is -3.44. The lowest BCUT2D eigenvalue weighted by molar-refractivity contribution is 0.471. The highest BCUT2D eigenvalue weighted by molar-refractivity contribution is 7.90. The molecule has 0 saturated heterocycles. The van der Waals surface area contributed by atoms with Gasteiger partial charge in [0.2, 0.25) is 5.89 Å². The first-order valence-corrected chi connectivity index (χ1v) is 12.0. The molecule has 170 valence electrons. The van der Waals surface area contributed by atoms with E-state index in [0.29, 0.717) is 16.6 Å². The van der Waals surface area contributed by atoms with Crippen LogP contribution >= 0.6 is 0 Å². The second-order valence-electron chi connectivity index (χ2n) is 7.66. The highest BCUT2D eigenvalue weighted by Crippen LogP contribution is 2.38. The second-order valence-corrected chi connectivity index (χ2v) is 9.68. The summed E-state index contributed by atoms with van der Waals surface area (Å²) in [5.74, 6) is -0.358. The fourth-order valence-corrected chi connectivity index (χ4v) is 4.23. The minimum absolute atomic E-state index is 0.0174. The molecule has 0 amide bonds. The van der Waals surface area contributed by atoms with Crippen molar-refractivity contribution < 1.29 is 22.3 Å². The molecule has 34 heavy (non-hydrogen) atoms. The van der Waals surface area contributed by atoms with Crippen molar-refractivity contribution in [3.8, 4) is 28.6 Å². The highest BCUT2D eigenvalue weighted by Gasteiger charge is 2.22. The maximum atomic E-state index is 13.2. The number of rotatable bonds is 5. The van der Waals surface area contributed by atoms with Crippen LogP contribution in [0, 0.1) is 5.82 Å². The van der Waals surface area contributed by atoms with Crippen molar-refractivity contribution in [2.75, 3.05) is 6.26 Å². The lowest BCUT2D eigenvalue weighted by atomic mass is 10.1. The Morgan fingerprint density at radius 2 is 1.79 bits per heavy atom. The Bertz CT molecular complexity index is 1630. The molecule has 8 nitrogen and oxygen atoms in total. The van der Waals surface area contributed by atoms with Gasteiger partial charge in [-0.25, -0.2) is 17.8 Å². The first kappa shape index (κ1) is 21.7. The Labute approximate surface area is 193 Å². The van der Waals surface area contributed by atoms with Crippen LogP contribution in [-0.2, 0) is 16.3 Å². The van der Waals surface area contributed by atoms with Crippen molar-refractivity contribution in [1.82, 2.24) is 20.2 Å². The summed E-state index contributed by atoms with van der Waals surface area (Å²) in [5.41, 5.74) is 1.97. The van der Waals surface area contributed by atoms with Gasteiger partial charge in [-0.05, 0) is 42.0 Å². The topological polar surface area (TPSA) is 119 Å². The van der Waals surface area contributed by atoms with Crippen LogP contribution in [0.1, 0.15) is 11.5 Å². The Kier molecular flexibility index (Phi) is 5.29. The van der Waals surface area contributed by atoms with E-state index in [-0.39, 0.29) is 45.9 Å². The number of aromatic nitrogens is 4. The van der Waals surface area contributed by atoms with E-state index in [1.54, 1.807) is 36.4 Å². The summed E-state index contributed by atoms with van der Waals surface area (Å²) in [4.78, 5) is 8.98. The zero-order valence-electron chi connectivity index (χ0n) is 17.8. The summed E-state index contributed by atoms with van der Waals surface area (Å²) in [6.07, 6.45) is 2.92. The summed E-state index contributed by atoms with van der Waals surface area (Å²) in [5, 5.41) is 19.5. The summed E-state index contributed by atoms with van der Waals surface area (Å²) in [6.45, 7) is 0. The van der Waals surface area contributed by atoms with Crippen LogP contribution in [-0.4, -0.2) is 39.9 Å². The number of hydrogen-bond donors (Lipinski definition) is 1. The van der Waals surface area contributed by atoms with Gasteiger partial charge in [-0.1, -0.05) is 24.3 Å². The molecular weight excluding hydrogens is 459 g/mol. The van der Waals surface area contributed by atoms with Crippen LogP contribution in [0.25, 0.3) is 33.7 Å². The smallest absolute Gasteiger partial charge is 0.270 e. The number of halogens is 1. The predicted molar refractivity (Wildman–Crippen MR) is 122 cm³/mol. The van der Waals surface area contributed by atoms with Crippen molar-refractivity contribution in [2.45, 2.75) is 11.3 Å². The molecule has 5 rings (SSSR count). The fourth-order valence-electron chi connectivity index (χ4n) is 3.56. The van der Waals surface area contributed by atoms with Crippen molar-refractivity contribution in [3.63, 3.8) is 0 Å². The molecule has 0 fully saturated rings. The van der Waals surface area contributed by atoms with Crippen LogP contribution in [0.3, 0.4) is 0 Å². The summed E-state index contributed by atoms with van der Waals surface area (Å²) >= 11 is 0. The van der Waals surface area contributed by atoms with Gasteiger partial charge in [0, 0.05) is 23.4 Å². The van der Waals surface area contributed by atoms with Gasteiger partial charge in [-0.2, -0.15) is 0 Å². The lowest BCUT2D eigenvalue weighted by Crippen LogP contribution is -1.98. The van der Waals surface area contributed by atoms with E-state index in [1.807, 2.05) is 0 Å². The highest BCUT2D eigenvalue weighted by atomic mass is 32.2. The van der Waals surface area contributed by atoms with E-state index >= 15 is 0 Å². The lowest BCUT2D eigenvalue weighted by Gasteiger charge is -2.10. The zero-order chi connectivity index (χ0) is 23.9. The molecule has 0 unspecified atom stereocenters. The maximum absolute atomic E-state index is 13.2. The number of aromatic hydroxyl groups is 1. The largest absolute Gasteiger partial charge is 0.504 e. The molecule has 0 aliphatic rings. The van der Waals surface area contributed by atoms with Gasteiger partial charge in [-0.15, -0.1) is 10.2 Å². The van der Waals surface area contributed by atoms with Crippen molar-refractivity contribution in [2.24, 2.45) is 0 Å². The Balaban J connectivity index is 1.63. The number of benzene rings is 2. The molecule has 0 aliphatic carbocycles. The molecule has 0 saturated carbocycles. The average molecular weight is 476 g/mol. The number of fused-ring (bicyclic) bond motifs is 1. The zero-order valence-corrected chi connectivity index (χ0v) is 18.6. The monoisotopic (exact) mass is 476 g/mol. The molecule has 0 aliphatic heterocycles. The SMILES string of the molecule is CS(=O)(=O)c1cccc(-c2nc(-c3nnc(Cc4ccc(F)cc4)o3)c(O)c3ncccc23)c1. The van der Waals surface area contributed by atoms with Crippen LogP contribution in [0.15, 0.2) is 76.2 Å². The molecule has 3 heterocycles. The normalized spacial score (nSPS) is 11.7. The van der Waals surface area contributed by atoms with Crippen molar-refractivity contribution in [3.05, 3.63) is 84.1 Å². The van der Waals surface area contributed by atoms with Crippen LogP contribution in [0.5, 0.6) is 5.75 Å². The third-order valence-electron chi connectivity index (χ3n) is 5.21. The van der Waals surface area contributed by atoms with E-state index in [0.717, 1.165) is 11.8 Å². The minimum Gasteiger partial charge on any atom is -0.504 e. The van der Waals surface area contributed by atoms with Gasteiger partial charge in [0.05, 0.1) is 17.0 Å². The average Bonchev–Trinajstić information content (AvgIpc) is 3.29. The molecule has 3 aromatic heterocycles. The summed E-state index contributed by atoms with van der Waals surface area (Å²) in [6, 6.07) is 15.7. The molecule has 10 heteroatoms. The third-order valence-corrected chi connectivity index (χ3v) is 6.32.